The molecule has 1 fully saturated rings. The molecule has 8 nitrogen and oxygen atoms in total. The molecule has 1 N–H and O–H groups in total. The van der Waals surface area contributed by atoms with Crippen molar-refractivity contribution >= 4 is 17.8 Å². The fourth-order valence-corrected chi connectivity index (χ4v) is 2.87. The highest BCUT2D eigenvalue weighted by molar-refractivity contribution is 5.96. The molecule has 27 heavy (non-hydrogen) atoms. The number of piperazine rings is 1. The molecule has 0 radical (unpaired) electrons. The molecule has 1 saturated heterocycles. The Hall–Kier alpha value is -3.42. The fourth-order valence-electron chi connectivity index (χ4n) is 2.87. The molecule has 1 aromatic heterocycles. The molecule has 0 saturated carbocycles. The molecule has 140 valence electrons. The van der Waals surface area contributed by atoms with Gasteiger partial charge >= 0.3 is 5.97 Å². The van der Waals surface area contributed by atoms with Gasteiger partial charge in [0.05, 0.1) is 12.7 Å². The van der Waals surface area contributed by atoms with Gasteiger partial charge in [0.25, 0.3) is 11.8 Å². The lowest BCUT2D eigenvalue weighted by Crippen LogP contribution is -2.50. The van der Waals surface area contributed by atoms with E-state index >= 15 is 0 Å². The summed E-state index contributed by atoms with van der Waals surface area (Å²) in [4.78, 5) is 43.4. The first-order valence-electron chi connectivity index (χ1n) is 8.41. The zero-order valence-corrected chi connectivity index (χ0v) is 14.8. The van der Waals surface area contributed by atoms with Crippen molar-refractivity contribution in [2.75, 3.05) is 33.3 Å². The average molecular weight is 369 g/mol. The Bertz CT molecular complexity index is 858. The van der Waals surface area contributed by atoms with Gasteiger partial charge < -0.3 is 19.6 Å². The van der Waals surface area contributed by atoms with Gasteiger partial charge in [-0.05, 0) is 36.4 Å². The smallest absolute Gasteiger partial charge is 0.335 e. The van der Waals surface area contributed by atoms with Crippen LogP contribution in [0.25, 0.3) is 0 Å². The number of hydrogen-bond acceptors (Lipinski definition) is 5. The van der Waals surface area contributed by atoms with Crippen molar-refractivity contribution in [2.45, 2.75) is 0 Å². The summed E-state index contributed by atoms with van der Waals surface area (Å²) in [6, 6.07) is 9.48. The highest BCUT2D eigenvalue weighted by atomic mass is 16.5. The lowest BCUT2D eigenvalue weighted by molar-refractivity contribution is 0.0532. The topological polar surface area (TPSA) is 100 Å². The molecule has 0 bridgehead atoms. The number of nitrogens with zero attached hydrogens (tertiary/aromatic N) is 3. The van der Waals surface area contributed by atoms with Gasteiger partial charge in [-0.3, -0.25) is 14.6 Å². The predicted molar refractivity (Wildman–Crippen MR) is 96.0 cm³/mol. The van der Waals surface area contributed by atoms with Crippen LogP contribution in [0.15, 0.2) is 42.6 Å². The molecule has 3 rings (SSSR count). The SMILES string of the molecule is COc1ccc(C(=O)N2CCN(C(=O)c3cc(C(=O)O)ccn3)CC2)cc1. The minimum Gasteiger partial charge on any atom is -0.497 e. The number of benzene rings is 1. The van der Waals surface area contributed by atoms with Gasteiger partial charge in [-0.25, -0.2) is 4.79 Å². The number of carbonyl (C=O) groups excluding carboxylic acids is 2. The molecule has 0 spiro atoms. The Kier molecular flexibility index (Phi) is 5.35. The molecule has 1 aliphatic rings. The molecule has 1 aliphatic heterocycles. The third kappa shape index (κ3) is 4.05. The van der Waals surface area contributed by atoms with Crippen molar-refractivity contribution in [3.8, 4) is 5.75 Å². The number of carbonyl (C=O) groups is 3. The van der Waals surface area contributed by atoms with Gasteiger partial charge in [-0.15, -0.1) is 0 Å². The third-order valence-corrected chi connectivity index (χ3v) is 4.42. The minimum atomic E-state index is -1.11. The zero-order valence-electron chi connectivity index (χ0n) is 14.8. The lowest BCUT2D eigenvalue weighted by atomic mass is 10.1. The summed E-state index contributed by atoms with van der Waals surface area (Å²) < 4.78 is 5.09. The maximum Gasteiger partial charge on any atom is 0.335 e. The van der Waals surface area contributed by atoms with E-state index < -0.39 is 5.97 Å². The number of methoxy groups -OCH3 is 1. The number of carboxylic acid groups (broad SMARTS) is 1. The number of ether oxygens (including phenoxy) is 1. The molecule has 8 heteroatoms. The quantitative estimate of drug-likeness (QED) is 0.874. The molecule has 1 aromatic carbocycles. The van der Waals surface area contributed by atoms with Gasteiger partial charge in [0, 0.05) is 37.9 Å². The molecule has 0 unspecified atom stereocenters. The lowest BCUT2D eigenvalue weighted by Gasteiger charge is -2.34. The summed E-state index contributed by atoms with van der Waals surface area (Å²) in [6.07, 6.45) is 1.31. The van der Waals surface area contributed by atoms with Gasteiger partial charge in [0.1, 0.15) is 11.4 Å². The standard InChI is InChI=1S/C19H19N3O5/c1-27-15-4-2-13(3-5-15)17(23)21-8-10-22(11-9-21)18(24)16-12-14(19(25)26)6-7-20-16/h2-7,12H,8-11H2,1H3,(H,25,26). The Morgan fingerprint density at radius 3 is 2.07 bits per heavy atom. The van der Waals surface area contributed by atoms with E-state index in [0.29, 0.717) is 37.5 Å². The van der Waals surface area contributed by atoms with Crippen LogP contribution in [-0.4, -0.2) is 71.0 Å². The van der Waals surface area contributed by atoms with Crippen LogP contribution < -0.4 is 4.74 Å². The molecular formula is C19H19N3O5. The Labute approximate surface area is 156 Å². The largest absolute Gasteiger partial charge is 0.497 e. The van der Waals surface area contributed by atoms with Crippen LogP contribution in [-0.2, 0) is 0 Å². The van der Waals surface area contributed by atoms with Crippen LogP contribution in [0, 0.1) is 0 Å². The minimum absolute atomic E-state index is 0.0154. The molecular weight excluding hydrogens is 350 g/mol. The van der Waals surface area contributed by atoms with E-state index in [-0.39, 0.29) is 23.1 Å². The summed E-state index contributed by atoms with van der Waals surface area (Å²) in [7, 11) is 1.56. The number of carboxylic acids is 1. The number of rotatable bonds is 4. The van der Waals surface area contributed by atoms with Gasteiger partial charge in [-0.1, -0.05) is 0 Å². The van der Waals surface area contributed by atoms with E-state index in [2.05, 4.69) is 4.98 Å². The van der Waals surface area contributed by atoms with Crippen LogP contribution >= 0.6 is 0 Å². The normalized spacial score (nSPS) is 14.0. The second-order valence-corrected chi connectivity index (χ2v) is 6.05. The van der Waals surface area contributed by atoms with Crippen molar-refractivity contribution in [1.29, 1.82) is 0 Å². The van der Waals surface area contributed by atoms with Crippen molar-refractivity contribution in [3.63, 3.8) is 0 Å². The van der Waals surface area contributed by atoms with E-state index in [1.807, 2.05) is 0 Å². The van der Waals surface area contributed by atoms with Crippen LogP contribution in [0.2, 0.25) is 0 Å². The molecule has 0 atom stereocenters. The van der Waals surface area contributed by atoms with Crippen molar-refractivity contribution in [1.82, 2.24) is 14.8 Å². The Balaban J connectivity index is 1.62. The van der Waals surface area contributed by atoms with Crippen molar-refractivity contribution < 1.29 is 24.2 Å². The van der Waals surface area contributed by atoms with Crippen LogP contribution in [0.5, 0.6) is 5.75 Å². The van der Waals surface area contributed by atoms with E-state index in [0.717, 1.165) is 0 Å². The summed E-state index contributed by atoms with van der Waals surface area (Å²) in [6.45, 7) is 1.52. The first-order chi connectivity index (χ1) is 13.0. The Morgan fingerprint density at radius 1 is 0.926 bits per heavy atom. The summed E-state index contributed by atoms with van der Waals surface area (Å²) >= 11 is 0. The highest BCUT2D eigenvalue weighted by Crippen LogP contribution is 2.15. The van der Waals surface area contributed by atoms with Gasteiger partial charge in [-0.2, -0.15) is 0 Å². The van der Waals surface area contributed by atoms with Crippen LogP contribution in [0.1, 0.15) is 31.2 Å². The second kappa shape index (κ2) is 7.86. The van der Waals surface area contributed by atoms with Gasteiger partial charge in [0.15, 0.2) is 0 Å². The fraction of sp³-hybridized carbons (Fsp3) is 0.263. The maximum atomic E-state index is 12.6. The predicted octanol–water partition coefficient (Wildman–Crippen LogP) is 1.39. The second-order valence-electron chi connectivity index (χ2n) is 6.05. The van der Waals surface area contributed by atoms with E-state index in [9.17, 15) is 14.4 Å². The first-order valence-corrected chi connectivity index (χ1v) is 8.41. The molecule has 2 heterocycles. The number of hydrogen-bond donors (Lipinski definition) is 1. The average Bonchev–Trinajstić information content (AvgIpc) is 2.73. The van der Waals surface area contributed by atoms with Crippen molar-refractivity contribution in [3.05, 3.63) is 59.4 Å². The van der Waals surface area contributed by atoms with Gasteiger partial charge in [0.2, 0.25) is 0 Å². The first kappa shape index (κ1) is 18.4. The highest BCUT2D eigenvalue weighted by Gasteiger charge is 2.26. The van der Waals surface area contributed by atoms with E-state index in [4.69, 9.17) is 9.84 Å². The molecule has 0 aliphatic carbocycles. The summed E-state index contributed by atoms with van der Waals surface area (Å²) in [5.74, 6) is -0.871. The summed E-state index contributed by atoms with van der Waals surface area (Å²) in [5.41, 5.74) is 0.665. The number of aromatic carboxylic acids is 1. The zero-order chi connectivity index (χ0) is 19.4. The molecule has 2 aromatic rings. The maximum absolute atomic E-state index is 12.6. The molecule has 2 amide bonds. The van der Waals surface area contributed by atoms with Crippen LogP contribution in [0.3, 0.4) is 0 Å². The number of pyridine rings is 1. The van der Waals surface area contributed by atoms with Crippen LogP contribution in [0.4, 0.5) is 0 Å². The third-order valence-electron chi connectivity index (χ3n) is 4.42. The van der Waals surface area contributed by atoms with E-state index in [1.54, 1.807) is 41.2 Å². The number of amides is 2. The summed E-state index contributed by atoms with van der Waals surface area (Å²) in [5, 5.41) is 9.03. The van der Waals surface area contributed by atoms with Crippen molar-refractivity contribution in [2.24, 2.45) is 0 Å². The Morgan fingerprint density at radius 2 is 1.52 bits per heavy atom. The monoisotopic (exact) mass is 369 g/mol. The number of aromatic nitrogens is 1. The van der Waals surface area contributed by atoms with E-state index in [1.165, 1.54) is 18.3 Å².